The van der Waals surface area contributed by atoms with E-state index >= 15 is 0 Å². The number of thiophene rings is 1. The van der Waals surface area contributed by atoms with Crippen LogP contribution in [-0.2, 0) is 0 Å². The van der Waals surface area contributed by atoms with Gasteiger partial charge in [0.25, 0.3) is 0 Å². The van der Waals surface area contributed by atoms with E-state index in [4.69, 9.17) is 19.4 Å². The molecular weight excluding hydrogens is 777 g/mol. The molecule has 0 bridgehead atoms. The van der Waals surface area contributed by atoms with E-state index in [0.717, 1.165) is 77.0 Å². The molecule has 0 amide bonds. The highest BCUT2D eigenvalue weighted by Gasteiger charge is 2.23. The summed E-state index contributed by atoms with van der Waals surface area (Å²) in [7, 11) is 0. The number of furan rings is 1. The summed E-state index contributed by atoms with van der Waals surface area (Å²) in [5.41, 5.74) is 10.0. The third-order valence-electron chi connectivity index (χ3n) is 12.0. The van der Waals surface area contributed by atoms with Crippen molar-refractivity contribution in [2.45, 2.75) is 6.92 Å². The van der Waals surface area contributed by atoms with Crippen LogP contribution in [0.25, 0.3) is 120 Å². The Morgan fingerprint density at radius 2 is 1.24 bits per heavy atom. The minimum Gasteiger partial charge on any atom is -0.455 e. The van der Waals surface area contributed by atoms with Crippen LogP contribution in [0, 0.1) is 0 Å². The predicted octanol–water partition coefficient (Wildman–Crippen LogP) is 15.5. The Morgan fingerprint density at radius 3 is 2.08 bits per heavy atom. The average Bonchev–Trinajstić information content (AvgIpc) is 4.01. The Kier molecular flexibility index (Phi) is 8.34. The molecule has 0 aliphatic rings. The summed E-state index contributed by atoms with van der Waals surface area (Å²) in [6.45, 7) is 5.86. The Labute approximate surface area is 360 Å². The van der Waals surface area contributed by atoms with Crippen molar-refractivity contribution in [1.29, 1.82) is 0 Å². The van der Waals surface area contributed by atoms with Crippen LogP contribution in [0.3, 0.4) is 0 Å². The molecule has 0 fully saturated rings. The Bertz CT molecular complexity index is 3830. The summed E-state index contributed by atoms with van der Waals surface area (Å²) in [6.07, 6.45) is 7.62. The number of nitrogens with zero attached hydrogens (tertiary/aromatic N) is 4. The van der Waals surface area contributed by atoms with Crippen molar-refractivity contribution in [3.8, 4) is 39.6 Å². The van der Waals surface area contributed by atoms with Gasteiger partial charge in [-0.1, -0.05) is 152 Å². The second-order valence-electron chi connectivity index (χ2n) is 15.6. The molecule has 6 heteroatoms. The van der Waals surface area contributed by atoms with Crippen molar-refractivity contribution in [2.24, 2.45) is 0 Å². The normalized spacial score (nSPS) is 12.4. The summed E-state index contributed by atoms with van der Waals surface area (Å²) in [5, 5.41) is 9.17. The van der Waals surface area contributed by atoms with Gasteiger partial charge in [0.2, 0.25) is 5.95 Å². The Balaban J connectivity index is 1.08. The van der Waals surface area contributed by atoms with E-state index in [0.29, 0.717) is 17.6 Å². The fraction of sp³-hybridized carbons (Fsp3) is 0.0179. The van der Waals surface area contributed by atoms with Gasteiger partial charge in [0, 0.05) is 41.9 Å². The molecule has 0 unspecified atom stereocenters. The van der Waals surface area contributed by atoms with Crippen LogP contribution >= 0.6 is 11.3 Å². The molecule has 4 aromatic heterocycles. The van der Waals surface area contributed by atoms with E-state index in [2.05, 4.69) is 169 Å². The number of aromatic nitrogens is 4. The second-order valence-corrected chi connectivity index (χ2v) is 16.7. The predicted molar refractivity (Wildman–Crippen MR) is 261 cm³/mol. The lowest BCUT2D eigenvalue weighted by Gasteiger charge is -2.11. The fourth-order valence-electron chi connectivity index (χ4n) is 9.06. The number of rotatable bonds is 7. The first kappa shape index (κ1) is 36.0. The van der Waals surface area contributed by atoms with Gasteiger partial charge >= 0.3 is 0 Å². The molecule has 0 atom stereocenters. The van der Waals surface area contributed by atoms with Gasteiger partial charge in [0.15, 0.2) is 11.6 Å². The van der Waals surface area contributed by atoms with Gasteiger partial charge in [-0.3, -0.25) is 4.57 Å². The first-order valence-corrected chi connectivity index (χ1v) is 21.5. The lowest BCUT2D eigenvalue weighted by Crippen LogP contribution is -2.07. The highest BCUT2D eigenvalue weighted by Crippen LogP contribution is 2.45. The van der Waals surface area contributed by atoms with Gasteiger partial charge in [-0.15, -0.1) is 11.3 Å². The average molecular weight is 813 g/mol. The van der Waals surface area contributed by atoms with E-state index < -0.39 is 0 Å². The smallest absolute Gasteiger partial charge is 0.238 e. The number of para-hydroxylation sites is 1. The molecule has 62 heavy (non-hydrogen) atoms. The molecule has 0 aliphatic carbocycles. The molecule has 292 valence electrons. The molecule has 12 rings (SSSR count). The molecule has 0 saturated heterocycles. The molecule has 12 aromatic rings. The lowest BCUT2D eigenvalue weighted by molar-refractivity contribution is 0.673. The zero-order chi connectivity index (χ0) is 41.3. The van der Waals surface area contributed by atoms with Gasteiger partial charge in [-0.2, -0.15) is 9.97 Å². The van der Waals surface area contributed by atoms with Gasteiger partial charge in [0.1, 0.15) is 11.2 Å². The zero-order valence-electron chi connectivity index (χ0n) is 33.7. The largest absolute Gasteiger partial charge is 0.455 e. The lowest BCUT2D eigenvalue weighted by atomic mass is 9.94. The molecule has 5 nitrogen and oxygen atoms in total. The summed E-state index contributed by atoms with van der Waals surface area (Å²) in [6, 6.07) is 58.1. The van der Waals surface area contributed by atoms with Gasteiger partial charge < -0.3 is 4.42 Å². The van der Waals surface area contributed by atoms with Gasteiger partial charge in [-0.05, 0) is 88.0 Å². The minimum atomic E-state index is 0.531. The number of benzene rings is 8. The van der Waals surface area contributed by atoms with Crippen molar-refractivity contribution < 1.29 is 4.42 Å². The van der Waals surface area contributed by atoms with E-state index in [9.17, 15) is 0 Å². The summed E-state index contributed by atoms with van der Waals surface area (Å²) in [4.78, 5) is 15.4. The van der Waals surface area contributed by atoms with Crippen molar-refractivity contribution in [3.63, 3.8) is 0 Å². The van der Waals surface area contributed by atoms with Crippen molar-refractivity contribution in [1.82, 2.24) is 19.5 Å². The Morgan fingerprint density at radius 1 is 0.548 bits per heavy atom. The minimum absolute atomic E-state index is 0.531. The molecule has 0 saturated carbocycles. The number of allylic oxidation sites excluding steroid dienone is 5. The summed E-state index contributed by atoms with van der Waals surface area (Å²) >= 11 is 1.84. The van der Waals surface area contributed by atoms with Crippen LogP contribution in [0.5, 0.6) is 0 Å². The fourth-order valence-corrected chi connectivity index (χ4v) is 10.1. The van der Waals surface area contributed by atoms with Crippen LogP contribution in [0.2, 0.25) is 0 Å². The third-order valence-corrected chi connectivity index (χ3v) is 13.1. The van der Waals surface area contributed by atoms with Crippen molar-refractivity contribution in [3.05, 3.63) is 200 Å². The monoisotopic (exact) mass is 812 g/mol. The van der Waals surface area contributed by atoms with Gasteiger partial charge in [0.05, 0.1) is 16.4 Å². The van der Waals surface area contributed by atoms with E-state index in [1.54, 1.807) is 6.08 Å². The highest BCUT2D eigenvalue weighted by molar-refractivity contribution is 7.25. The SMILES string of the molecule is C=C/C=C\C=C(/C)c1nc(-c2ccc(-c3ccccc3)cc2)nc(-n2c3ccccc3c3c4oc5cc(-c6ccc7sc8ccccc8c7c6)c6ccccc6c5c4ccc32)n1. The number of fused-ring (bicyclic) bond motifs is 12. The van der Waals surface area contributed by atoms with E-state index in [1.807, 2.05) is 42.6 Å². The molecule has 0 N–H and O–H groups in total. The van der Waals surface area contributed by atoms with Crippen LogP contribution in [0.15, 0.2) is 199 Å². The van der Waals surface area contributed by atoms with Crippen molar-refractivity contribution >= 4 is 91.6 Å². The zero-order valence-corrected chi connectivity index (χ0v) is 34.5. The maximum absolute atomic E-state index is 7.10. The molecular formula is C56H36N4OS. The van der Waals surface area contributed by atoms with Crippen molar-refractivity contribution in [2.75, 3.05) is 0 Å². The van der Waals surface area contributed by atoms with E-state index in [1.165, 1.54) is 31.1 Å². The Hall–Kier alpha value is -7.93. The summed E-state index contributed by atoms with van der Waals surface area (Å²) < 4.78 is 11.8. The highest BCUT2D eigenvalue weighted by atomic mass is 32.1. The van der Waals surface area contributed by atoms with Gasteiger partial charge in [-0.25, -0.2) is 4.98 Å². The van der Waals surface area contributed by atoms with Crippen LogP contribution in [-0.4, -0.2) is 19.5 Å². The molecule has 4 heterocycles. The molecule has 0 aliphatic heterocycles. The first-order chi connectivity index (χ1) is 30.6. The third kappa shape index (κ3) is 5.72. The van der Waals surface area contributed by atoms with Crippen LogP contribution in [0.4, 0.5) is 0 Å². The molecule has 8 aromatic carbocycles. The maximum atomic E-state index is 7.10. The second kappa shape index (κ2) is 14.4. The number of hydrogen-bond donors (Lipinski definition) is 0. The van der Waals surface area contributed by atoms with Crippen LogP contribution in [0.1, 0.15) is 12.7 Å². The summed E-state index contributed by atoms with van der Waals surface area (Å²) in [5.74, 6) is 1.71. The maximum Gasteiger partial charge on any atom is 0.238 e. The quantitative estimate of drug-likeness (QED) is 0.150. The van der Waals surface area contributed by atoms with E-state index in [-0.39, 0.29) is 0 Å². The number of hydrogen-bond acceptors (Lipinski definition) is 5. The van der Waals surface area contributed by atoms with Crippen LogP contribution < -0.4 is 0 Å². The standard InChI is InChI=1S/C56H36N4OS/c1-3-4-6-15-34(2)54-57-55(37-26-24-36(25-27-37)35-16-7-5-8-17-35)59-56(58-54)60-46-22-13-11-21-42(46)52-47(60)30-29-43-51-41-20-10-9-18-39(41)44(33-48(51)61-53(43)52)38-28-31-50-45(32-38)40-19-12-14-23-49(40)62-50/h3-33H,1H2,2H3/b6-4-,34-15+. The topological polar surface area (TPSA) is 56.7 Å². The molecule has 0 spiro atoms. The molecule has 0 radical (unpaired) electrons. The first-order valence-electron chi connectivity index (χ1n) is 20.7.